The first-order valence-corrected chi connectivity index (χ1v) is 10.6. The number of nitrogens with one attached hydrogen (secondary N) is 2. The summed E-state index contributed by atoms with van der Waals surface area (Å²) in [5.74, 6) is -0.144. The number of carbonyl (C=O) groups excluding carboxylic acids is 1. The van der Waals surface area contributed by atoms with Crippen molar-refractivity contribution >= 4 is 27.4 Å². The van der Waals surface area contributed by atoms with E-state index in [1.165, 1.54) is 44.6 Å². The summed E-state index contributed by atoms with van der Waals surface area (Å²) in [6.45, 7) is 3.58. The molecule has 31 heavy (non-hydrogen) atoms. The Hall–Kier alpha value is -3.67. The normalized spacial score (nSPS) is 12.1. The van der Waals surface area contributed by atoms with Crippen LogP contribution in [0.25, 0.3) is 0 Å². The highest BCUT2D eigenvalue weighted by atomic mass is 32.2. The van der Waals surface area contributed by atoms with Crippen molar-refractivity contribution in [1.82, 2.24) is 19.7 Å². The van der Waals surface area contributed by atoms with Crippen molar-refractivity contribution < 1.29 is 22.7 Å². The molecule has 2 heterocycles. The van der Waals surface area contributed by atoms with Crippen LogP contribution >= 0.6 is 0 Å². The van der Waals surface area contributed by atoms with Gasteiger partial charge < -0.3 is 14.8 Å². The molecule has 0 aliphatic rings. The number of ether oxygens (including phenoxy) is 2. The number of hydrogen-bond donors (Lipinski definition) is 2. The first-order valence-electron chi connectivity index (χ1n) is 9.14. The van der Waals surface area contributed by atoms with Gasteiger partial charge in [0.1, 0.15) is 6.04 Å². The number of rotatable bonds is 8. The minimum atomic E-state index is -3.94. The van der Waals surface area contributed by atoms with Gasteiger partial charge in [0.2, 0.25) is 11.8 Å². The third-order valence-corrected chi connectivity index (χ3v) is 5.73. The maximum Gasteiger partial charge on any atom is 0.321 e. The zero-order valence-electron chi connectivity index (χ0n) is 17.4. The van der Waals surface area contributed by atoms with Crippen LogP contribution < -0.4 is 19.5 Å². The van der Waals surface area contributed by atoms with E-state index in [9.17, 15) is 13.2 Å². The number of aryl methyl sites for hydroxylation is 1. The molecule has 0 aliphatic carbocycles. The van der Waals surface area contributed by atoms with Crippen LogP contribution in [0.1, 0.15) is 18.7 Å². The second kappa shape index (κ2) is 9.00. The van der Waals surface area contributed by atoms with E-state index < -0.39 is 16.1 Å². The molecule has 1 amide bonds. The summed E-state index contributed by atoms with van der Waals surface area (Å²) in [5.41, 5.74) is 1.30. The maximum atomic E-state index is 12.7. The standard InChI is InChI=1S/C19H22N6O5S/c1-12-9-10-20-25(12)13(2)18(26)21-14-5-7-15(8-6-14)31(27,28)24-16-11-17(29-3)23-19(22-16)30-4/h5-11,13H,1-4H3,(H,21,26)(H,22,23,24). The van der Waals surface area contributed by atoms with E-state index in [1.54, 1.807) is 23.9 Å². The van der Waals surface area contributed by atoms with Crippen LogP contribution in [-0.2, 0) is 14.8 Å². The number of hydrogen-bond acceptors (Lipinski definition) is 8. The molecular formula is C19H22N6O5S. The van der Waals surface area contributed by atoms with Crippen molar-refractivity contribution in [2.75, 3.05) is 24.3 Å². The molecule has 2 aromatic heterocycles. The van der Waals surface area contributed by atoms with Crippen LogP contribution in [0.5, 0.6) is 11.9 Å². The van der Waals surface area contributed by atoms with Gasteiger partial charge in [0.15, 0.2) is 5.82 Å². The fourth-order valence-electron chi connectivity index (χ4n) is 2.71. The van der Waals surface area contributed by atoms with Gasteiger partial charge >= 0.3 is 6.01 Å². The lowest BCUT2D eigenvalue weighted by atomic mass is 10.2. The van der Waals surface area contributed by atoms with Crippen molar-refractivity contribution in [3.8, 4) is 11.9 Å². The molecule has 0 fully saturated rings. The van der Waals surface area contributed by atoms with Crippen LogP contribution in [0.3, 0.4) is 0 Å². The molecule has 0 saturated heterocycles. The molecule has 12 heteroatoms. The van der Waals surface area contributed by atoms with E-state index in [0.29, 0.717) is 5.69 Å². The van der Waals surface area contributed by atoms with E-state index in [-0.39, 0.29) is 28.5 Å². The summed E-state index contributed by atoms with van der Waals surface area (Å²) in [6, 6.07) is 8.30. The van der Waals surface area contributed by atoms with Crippen LogP contribution in [-0.4, -0.2) is 48.3 Å². The minimum absolute atomic E-state index is 0.00973. The van der Waals surface area contributed by atoms with Gasteiger partial charge in [0.25, 0.3) is 10.0 Å². The molecule has 0 spiro atoms. The fraction of sp³-hybridized carbons (Fsp3) is 0.263. The average molecular weight is 446 g/mol. The van der Waals surface area contributed by atoms with E-state index in [0.717, 1.165) is 5.69 Å². The van der Waals surface area contributed by atoms with Crippen molar-refractivity contribution in [2.45, 2.75) is 24.8 Å². The first kappa shape index (κ1) is 22.0. The lowest BCUT2D eigenvalue weighted by Crippen LogP contribution is -2.25. The third kappa shape index (κ3) is 5.09. The molecule has 1 unspecified atom stereocenters. The third-order valence-electron chi connectivity index (χ3n) is 4.36. The second-order valence-electron chi connectivity index (χ2n) is 6.49. The predicted molar refractivity (Wildman–Crippen MR) is 113 cm³/mol. The van der Waals surface area contributed by atoms with Crippen molar-refractivity contribution in [3.63, 3.8) is 0 Å². The minimum Gasteiger partial charge on any atom is -0.481 e. The molecule has 0 radical (unpaired) electrons. The number of aromatic nitrogens is 4. The van der Waals surface area contributed by atoms with Gasteiger partial charge in [-0.15, -0.1) is 0 Å². The number of benzene rings is 1. The molecule has 0 saturated carbocycles. The highest BCUT2D eigenvalue weighted by Crippen LogP contribution is 2.22. The molecule has 3 rings (SSSR count). The van der Waals surface area contributed by atoms with Gasteiger partial charge in [-0.05, 0) is 44.2 Å². The van der Waals surface area contributed by atoms with Gasteiger partial charge in [-0.1, -0.05) is 0 Å². The fourth-order valence-corrected chi connectivity index (χ4v) is 3.70. The second-order valence-corrected chi connectivity index (χ2v) is 8.18. The summed E-state index contributed by atoms with van der Waals surface area (Å²) >= 11 is 0. The Bertz CT molecular complexity index is 1150. The van der Waals surface area contributed by atoms with E-state index in [1.807, 2.05) is 6.92 Å². The highest BCUT2D eigenvalue weighted by molar-refractivity contribution is 7.92. The molecule has 0 bridgehead atoms. The molecule has 0 aliphatic heterocycles. The quantitative estimate of drug-likeness (QED) is 0.536. The number of amides is 1. The smallest absolute Gasteiger partial charge is 0.321 e. The van der Waals surface area contributed by atoms with Crippen LogP contribution in [0.4, 0.5) is 11.5 Å². The number of sulfonamides is 1. The van der Waals surface area contributed by atoms with E-state index >= 15 is 0 Å². The SMILES string of the molecule is COc1cc(NS(=O)(=O)c2ccc(NC(=O)C(C)n3nccc3C)cc2)nc(OC)n1. The van der Waals surface area contributed by atoms with Gasteiger partial charge in [-0.2, -0.15) is 15.1 Å². The summed E-state index contributed by atoms with van der Waals surface area (Å²) < 4.78 is 39.3. The number of carbonyl (C=O) groups is 1. The Labute approximate surface area is 179 Å². The summed E-state index contributed by atoms with van der Waals surface area (Å²) in [4.78, 5) is 20.3. The van der Waals surface area contributed by atoms with Crippen molar-refractivity contribution in [2.24, 2.45) is 0 Å². The van der Waals surface area contributed by atoms with Gasteiger partial charge in [0.05, 0.1) is 19.1 Å². The molecular weight excluding hydrogens is 424 g/mol. The Balaban J connectivity index is 1.73. The lowest BCUT2D eigenvalue weighted by Gasteiger charge is -2.15. The number of nitrogens with zero attached hydrogens (tertiary/aromatic N) is 4. The average Bonchev–Trinajstić information content (AvgIpc) is 3.18. The van der Waals surface area contributed by atoms with Crippen LogP contribution in [0.15, 0.2) is 47.5 Å². The zero-order valence-corrected chi connectivity index (χ0v) is 18.2. The summed E-state index contributed by atoms with van der Waals surface area (Å²) in [6.07, 6.45) is 1.62. The molecule has 1 aromatic carbocycles. The Morgan fingerprint density at radius 3 is 2.39 bits per heavy atom. The Morgan fingerprint density at radius 1 is 1.10 bits per heavy atom. The van der Waals surface area contributed by atoms with Crippen LogP contribution in [0, 0.1) is 6.92 Å². The first-order chi connectivity index (χ1) is 14.7. The molecule has 1 atom stereocenters. The molecule has 3 aromatic rings. The van der Waals surface area contributed by atoms with Crippen molar-refractivity contribution in [1.29, 1.82) is 0 Å². The van der Waals surface area contributed by atoms with E-state index in [4.69, 9.17) is 9.47 Å². The number of anilines is 2. The van der Waals surface area contributed by atoms with Gasteiger partial charge in [-0.3, -0.25) is 14.2 Å². The lowest BCUT2D eigenvalue weighted by molar-refractivity contribution is -0.119. The van der Waals surface area contributed by atoms with Gasteiger partial charge in [0, 0.05) is 23.6 Å². The Morgan fingerprint density at radius 2 is 1.81 bits per heavy atom. The summed E-state index contributed by atoms with van der Waals surface area (Å²) in [5, 5.41) is 6.88. The maximum absolute atomic E-state index is 12.7. The summed E-state index contributed by atoms with van der Waals surface area (Å²) in [7, 11) is -1.20. The highest BCUT2D eigenvalue weighted by Gasteiger charge is 2.19. The monoisotopic (exact) mass is 446 g/mol. The molecule has 164 valence electrons. The topological polar surface area (TPSA) is 137 Å². The predicted octanol–water partition coefficient (Wildman–Crippen LogP) is 2.00. The molecule has 11 nitrogen and oxygen atoms in total. The Kier molecular flexibility index (Phi) is 6.39. The number of methoxy groups -OCH3 is 2. The largest absolute Gasteiger partial charge is 0.481 e. The molecule has 2 N–H and O–H groups in total. The van der Waals surface area contributed by atoms with Gasteiger partial charge in [-0.25, -0.2) is 8.42 Å². The van der Waals surface area contributed by atoms with E-state index in [2.05, 4.69) is 25.1 Å². The van der Waals surface area contributed by atoms with Crippen LogP contribution in [0.2, 0.25) is 0 Å². The zero-order chi connectivity index (χ0) is 22.6. The van der Waals surface area contributed by atoms with Crippen molar-refractivity contribution in [3.05, 3.63) is 48.3 Å².